The van der Waals surface area contributed by atoms with Gasteiger partial charge in [0, 0.05) is 0 Å². The first-order valence-electron chi connectivity index (χ1n) is 7.95. The molecule has 2 fully saturated rings. The molecule has 0 unspecified atom stereocenters. The van der Waals surface area contributed by atoms with Crippen molar-refractivity contribution in [3.05, 3.63) is 0 Å². The molecule has 0 aromatic heterocycles. The Kier molecular flexibility index (Phi) is 6.23. The highest BCUT2D eigenvalue weighted by Gasteiger charge is 2.44. The van der Waals surface area contributed by atoms with Crippen LogP contribution in [0.1, 0.15) is 46.0 Å². The van der Waals surface area contributed by atoms with Gasteiger partial charge >= 0.3 is 0 Å². The summed E-state index contributed by atoms with van der Waals surface area (Å²) in [5, 5.41) is 22.8. The van der Waals surface area contributed by atoms with Crippen LogP contribution in [0.5, 0.6) is 0 Å². The van der Waals surface area contributed by atoms with E-state index in [1.807, 2.05) is 0 Å². The van der Waals surface area contributed by atoms with Gasteiger partial charge in [-0.15, -0.1) is 0 Å². The first kappa shape index (κ1) is 16.2. The zero-order valence-corrected chi connectivity index (χ0v) is 12.6. The summed E-state index contributed by atoms with van der Waals surface area (Å²) in [6.45, 7) is 4.87. The minimum Gasteiger partial charge on any atom is -0.394 e. The molecule has 1 heterocycles. The van der Waals surface area contributed by atoms with E-state index in [-0.39, 0.29) is 18.8 Å². The summed E-state index contributed by atoms with van der Waals surface area (Å²) in [7, 11) is 0. The average molecular weight is 287 g/mol. The van der Waals surface area contributed by atoms with Crippen LogP contribution in [0.2, 0.25) is 0 Å². The zero-order valence-electron chi connectivity index (χ0n) is 12.6. The van der Waals surface area contributed by atoms with Crippen molar-refractivity contribution >= 4 is 0 Å². The van der Waals surface area contributed by atoms with Crippen molar-refractivity contribution in [3.8, 4) is 0 Å². The Balaban J connectivity index is 1.92. The third kappa shape index (κ3) is 4.15. The highest BCUT2D eigenvalue weighted by molar-refractivity contribution is 4.92. The second-order valence-corrected chi connectivity index (χ2v) is 6.44. The van der Waals surface area contributed by atoms with Crippen molar-refractivity contribution in [1.29, 1.82) is 0 Å². The van der Waals surface area contributed by atoms with E-state index in [1.54, 1.807) is 0 Å². The average Bonchev–Trinajstić information content (AvgIpc) is 2.73. The smallest absolute Gasteiger partial charge is 0.176 e. The molecule has 0 spiro atoms. The summed E-state index contributed by atoms with van der Waals surface area (Å²) in [5.74, 6) is 0.491. The first-order valence-corrected chi connectivity index (χ1v) is 7.95. The van der Waals surface area contributed by atoms with Crippen LogP contribution in [0.4, 0.5) is 0 Å². The maximum Gasteiger partial charge on any atom is 0.176 e. The minimum atomic E-state index is -0.715. The summed E-state index contributed by atoms with van der Waals surface area (Å²) in [5.41, 5.74) is 0. The Morgan fingerprint density at radius 3 is 2.55 bits per heavy atom. The van der Waals surface area contributed by atoms with E-state index in [9.17, 15) is 10.2 Å². The van der Waals surface area contributed by atoms with Crippen LogP contribution in [-0.4, -0.2) is 54.0 Å². The minimum absolute atomic E-state index is 0.175. The van der Waals surface area contributed by atoms with Crippen molar-refractivity contribution in [1.82, 2.24) is 5.32 Å². The molecule has 1 aliphatic carbocycles. The molecule has 0 amide bonds. The Bertz CT molecular complexity index is 281. The molecule has 0 aromatic rings. The van der Waals surface area contributed by atoms with Crippen LogP contribution in [-0.2, 0) is 9.47 Å². The van der Waals surface area contributed by atoms with Crippen molar-refractivity contribution < 1.29 is 19.7 Å². The largest absolute Gasteiger partial charge is 0.394 e. The SMILES string of the molecule is CC(C)CN[C@H]1[C@@H](OC2CCCCC2)O[C@H](CO)[C@@H]1O. The molecule has 4 atom stereocenters. The van der Waals surface area contributed by atoms with Crippen LogP contribution in [0, 0.1) is 5.92 Å². The fourth-order valence-corrected chi connectivity index (χ4v) is 2.98. The van der Waals surface area contributed by atoms with Crippen LogP contribution >= 0.6 is 0 Å². The molecule has 0 aromatic carbocycles. The van der Waals surface area contributed by atoms with Gasteiger partial charge in [-0.25, -0.2) is 0 Å². The van der Waals surface area contributed by atoms with E-state index >= 15 is 0 Å². The van der Waals surface area contributed by atoms with Gasteiger partial charge in [0.25, 0.3) is 0 Å². The Morgan fingerprint density at radius 2 is 1.95 bits per heavy atom. The Hall–Kier alpha value is -0.200. The molecule has 118 valence electrons. The second-order valence-electron chi connectivity index (χ2n) is 6.44. The van der Waals surface area contributed by atoms with Gasteiger partial charge in [-0.2, -0.15) is 0 Å². The summed E-state index contributed by atoms with van der Waals surface area (Å²) < 4.78 is 11.7. The molecular formula is C15H29NO4. The number of aliphatic hydroxyl groups excluding tert-OH is 2. The molecule has 1 saturated heterocycles. The standard InChI is InChI=1S/C15H29NO4/c1-10(2)8-16-13-14(18)12(9-17)20-15(13)19-11-6-4-3-5-7-11/h10-18H,3-9H2,1-2H3/t12-,13-,14+,15+/m1/s1. The lowest BCUT2D eigenvalue weighted by molar-refractivity contribution is -0.180. The lowest BCUT2D eigenvalue weighted by Gasteiger charge is -2.29. The molecule has 20 heavy (non-hydrogen) atoms. The molecule has 2 rings (SSSR count). The highest BCUT2D eigenvalue weighted by Crippen LogP contribution is 2.28. The van der Waals surface area contributed by atoms with E-state index in [0.717, 1.165) is 19.4 Å². The van der Waals surface area contributed by atoms with Gasteiger partial charge < -0.3 is 25.0 Å². The molecule has 3 N–H and O–H groups in total. The van der Waals surface area contributed by atoms with E-state index in [1.165, 1.54) is 19.3 Å². The summed E-state index contributed by atoms with van der Waals surface area (Å²) in [4.78, 5) is 0. The topological polar surface area (TPSA) is 71.0 Å². The van der Waals surface area contributed by atoms with Gasteiger partial charge in [0.2, 0.25) is 0 Å². The van der Waals surface area contributed by atoms with E-state index < -0.39 is 18.5 Å². The predicted octanol–water partition coefficient (Wildman–Crippen LogP) is 1.03. The molecule has 0 radical (unpaired) electrons. The van der Waals surface area contributed by atoms with E-state index in [2.05, 4.69) is 19.2 Å². The molecule has 1 saturated carbocycles. The molecule has 2 aliphatic rings. The van der Waals surface area contributed by atoms with Gasteiger partial charge in [0.05, 0.1) is 18.8 Å². The lowest BCUT2D eigenvalue weighted by atomic mass is 9.97. The molecule has 5 nitrogen and oxygen atoms in total. The van der Waals surface area contributed by atoms with Gasteiger partial charge in [-0.1, -0.05) is 33.1 Å². The Morgan fingerprint density at radius 1 is 1.25 bits per heavy atom. The monoisotopic (exact) mass is 287 g/mol. The van der Waals surface area contributed by atoms with Crippen LogP contribution in [0.3, 0.4) is 0 Å². The molecular weight excluding hydrogens is 258 g/mol. The van der Waals surface area contributed by atoms with Crippen molar-refractivity contribution in [3.63, 3.8) is 0 Å². The molecule has 5 heteroatoms. The van der Waals surface area contributed by atoms with Crippen LogP contribution < -0.4 is 5.32 Å². The third-order valence-electron chi connectivity index (χ3n) is 4.17. The number of hydrogen-bond acceptors (Lipinski definition) is 5. The fraction of sp³-hybridized carbons (Fsp3) is 1.00. The quantitative estimate of drug-likeness (QED) is 0.680. The predicted molar refractivity (Wildman–Crippen MR) is 76.3 cm³/mol. The van der Waals surface area contributed by atoms with Gasteiger partial charge in [0.15, 0.2) is 6.29 Å². The van der Waals surface area contributed by atoms with Gasteiger partial charge in [-0.05, 0) is 25.3 Å². The van der Waals surface area contributed by atoms with Gasteiger partial charge in [-0.3, -0.25) is 0 Å². The molecule has 1 aliphatic heterocycles. The first-order chi connectivity index (χ1) is 9.61. The number of rotatable bonds is 6. The van der Waals surface area contributed by atoms with Gasteiger partial charge in [0.1, 0.15) is 12.2 Å². The van der Waals surface area contributed by atoms with Crippen LogP contribution in [0.15, 0.2) is 0 Å². The molecule has 0 bridgehead atoms. The summed E-state index contributed by atoms with van der Waals surface area (Å²) >= 11 is 0. The fourth-order valence-electron chi connectivity index (χ4n) is 2.98. The third-order valence-corrected chi connectivity index (χ3v) is 4.17. The highest BCUT2D eigenvalue weighted by atomic mass is 16.7. The number of nitrogens with one attached hydrogen (secondary N) is 1. The van der Waals surface area contributed by atoms with Crippen molar-refractivity contribution in [2.45, 2.75) is 76.6 Å². The maximum absolute atomic E-state index is 10.2. The number of hydrogen-bond donors (Lipinski definition) is 3. The maximum atomic E-state index is 10.2. The lowest BCUT2D eigenvalue weighted by Crippen LogP contribution is -2.48. The normalized spacial score (nSPS) is 35.9. The van der Waals surface area contributed by atoms with E-state index in [0.29, 0.717) is 5.92 Å². The number of aliphatic hydroxyl groups is 2. The van der Waals surface area contributed by atoms with Crippen molar-refractivity contribution in [2.75, 3.05) is 13.2 Å². The summed E-state index contributed by atoms with van der Waals surface area (Å²) in [6, 6.07) is -0.253. The summed E-state index contributed by atoms with van der Waals surface area (Å²) in [6.07, 6.45) is 4.32. The number of ether oxygens (including phenoxy) is 2. The van der Waals surface area contributed by atoms with Crippen molar-refractivity contribution in [2.24, 2.45) is 5.92 Å². The van der Waals surface area contributed by atoms with Crippen LogP contribution in [0.25, 0.3) is 0 Å². The Labute approximate surface area is 121 Å². The zero-order chi connectivity index (χ0) is 14.5. The van der Waals surface area contributed by atoms with E-state index in [4.69, 9.17) is 9.47 Å². The second kappa shape index (κ2) is 7.71.